The van der Waals surface area contributed by atoms with Gasteiger partial charge in [-0.25, -0.2) is 9.78 Å². The number of aliphatic hydroxyl groups excluding tert-OH is 1. The zero-order valence-electron chi connectivity index (χ0n) is 19.5. The SMILES string of the molecule is CCC(C)C(NC(=O)C(NC(=O)C(CO)NC(=O)C(N)Cc1cnc[nH]1)C(C)CC)C(=O)O. The first-order valence-electron chi connectivity index (χ1n) is 11.0. The van der Waals surface area contributed by atoms with Crippen molar-refractivity contribution in [3.05, 3.63) is 18.2 Å². The van der Waals surface area contributed by atoms with Gasteiger partial charge in [0.15, 0.2) is 0 Å². The highest BCUT2D eigenvalue weighted by Crippen LogP contribution is 2.12. The van der Waals surface area contributed by atoms with Crippen LogP contribution in [0.4, 0.5) is 0 Å². The molecule has 33 heavy (non-hydrogen) atoms. The zero-order chi connectivity index (χ0) is 25.1. The molecule has 0 aliphatic rings. The van der Waals surface area contributed by atoms with Crippen LogP contribution >= 0.6 is 0 Å². The van der Waals surface area contributed by atoms with Crippen LogP contribution in [0.15, 0.2) is 12.5 Å². The van der Waals surface area contributed by atoms with Crippen molar-refractivity contribution in [2.24, 2.45) is 17.6 Å². The lowest BCUT2D eigenvalue weighted by atomic mass is 9.95. The van der Waals surface area contributed by atoms with Crippen molar-refractivity contribution in [3.8, 4) is 0 Å². The quantitative estimate of drug-likeness (QED) is 0.178. The summed E-state index contributed by atoms with van der Waals surface area (Å²) in [7, 11) is 0. The largest absolute Gasteiger partial charge is 0.480 e. The van der Waals surface area contributed by atoms with Crippen molar-refractivity contribution in [3.63, 3.8) is 0 Å². The van der Waals surface area contributed by atoms with Crippen LogP contribution in [-0.2, 0) is 25.6 Å². The molecule has 8 N–H and O–H groups in total. The first-order chi connectivity index (χ1) is 15.5. The smallest absolute Gasteiger partial charge is 0.326 e. The van der Waals surface area contributed by atoms with Crippen LogP contribution in [0.2, 0.25) is 0 Å². The minimum atomic E-state index is -1.34. The molecular formula is C21H36N6O6. The Bertz CT molecular complexity index is 786. The van der Waals surface area contributed by atoms with Crippen molar-refractivity contribution in [1.82, 2.24) is 25.9 Å². The van der Waals surface area contributed by atoms with Gasteiger partial charge in [-0.2, -0.15) is 0 Å². The van der Waals surface area contributed by atoms with Gasteiger partial charge in [-0.3, -0.25) is 14.4 Å². The number of aromatic amines is 1. The van der Waals surface area contributed by atoms with Crippen molar-refractivity contribution in [2.75, 3.05) is 6.61 Å². The predicted octanol–water partition coefficient (Wildman–Crippen LogP) is -1.10. The van der Waals surface area contributed by atoms with Crippen LogP contribution in [-0.4, -0.2) is 74.6 Å². The van der Waals surface area contributed by atoms with Gasteiger partial charge in [0.25, 0.3) is 0 Å². The van der Waals surface area contributed by atoms with E-state index in [2.05, 4.69) is 25.9 Å². The van der Waals surface area contributed by atoms with Gasteiger partial charge in [0.2, 0.25) is 17.7 Å². The number of carboxylic acids is 1. The Hall–Kier alpha value is -2.99. The molecule has 12 heteroatoms. The third-order valence-electron chi connectivity index (χ3n) is 5.72. The maximum atomic E-state index is 12.9. The lowest BCUT2D eigenvalue weighted by Gasteiger charge is -2.28. The predicted molar refractivity (Wildman–Crippen MR) is 120 cm³/mol. The molecule has 1 aromatic rings. The molecule has 0 aliphatic heterocycles. The monoisotopic (exact) mass is 468 g/mol. The Morgan fingerprint density at radius 1 is 1.00 bits per heavy atom. The fourth-order valence-electron chi connectivity index (χ4n) is 3.08. The van der Waals surface area contributed by atoms with Crippen LogP contribution in [0, 0.1) is 11.8 Å². The number of H-pyrrole nitrogens is 1. The van der Waals surface area contributed by atoms with Gasteiger partial charge >= 0.3 is 5.97 Å². The van der Waals surface area contributed by atoms with Crippen LogP contribution < -0.4 is 21.7 Å². The number of aliphatic hydroxyl groups is 1. The number of aromatic nitrogens is 2. The van der Waals surface area contributed by atoms with E-state index in [1.807, 2.05) is 13.8 Å². The number of carbonyl (C=O) groups excluding carboxylic acids is 3. The lowest BCUT2D eigenvalue weighted by molar-refractivity contribution is -0.144. The van der Waals surface area contributed by atoms with Gasteiger partial charge in [0, 0.05) is 18.3 Å². The summed E-state index contributed by atoms with van der Waals surface area (Å²) in [6, 6.07) is -4.50. The van der Waals surface area contributed by atoms with Gasteiger partial charge < -0.3 is 36.9 Å². The van der Waals surface area contributed by atoms with E-state index in [9.17, 15) is 29.4 Å². The number of imidazole rings is 1. The summed E-state index contributed by atoms with van der Waals surface area (Å²) in [6.45, 7) is 6.36. The highest BCUT2D eigenvalue weighted by Gasteiger charge is 2.33. The second kappa shape index (κ2) is 13.5. The van der Waals surface area contributed by atoms with E-state index in [0.717, 1.165) is 0 Å². The van der Waals surface area contributed by atoms with E-state index in [0.29, 0.717) is 18.5 Å². The molecule has 12 nitrogen and oxygen atoms in total. The molecule has 0 aliphatic carbocycles. The second-order valence-electron chi connectivity index (χ2n) is 8.21. The Balaban J connectivity index is 2.86. The summed E-state index contributed by atoms with van der Waals surface area (Å²) >= 11 is 0. The topological polar surface area (TPSA) is 200 Å². The maximum absolute atomic E-state index is 12.9. The van der Waals surface area contributed by atoms with Gasteiger partial charge in [0.1, 0.15) is 18.1 Å². The second-order valence-corrected chi connectivity index (χ2v) is 8.21. The number of aliphatic carboxylic acids is 1. The van der Waals surface area contributed by atoms with Gasteiger partial charge in [-0.15, -0.1) is 0 Å². The molecule has 1 rings (SSSR count). The first-order valence-corrected chi connectivity index (χ1v) is 11.0. The normalized spacial score (nSPS) is 16.5. The highest BCUT2D eigenvalue weighted by atomic mass is 16.4. The Morgan fingerprint density at radius 3 is 2.06 bits per heavy atom. The van der Waals surface area contributed by atoms with Crippen LogP contribution in [0.5, 0.6) is 0 Å². The first kappa shape index (κ1) is 28.0. The minimum absolute atomic E-state index is 0.149. The van der Waals surface area contributed by atoms with E-state index in [-0.39, 0.29) is 18.3 Å². The summed E-state index contributed by atoms with van der Waals surface area (Å²) in [6.07, 6.45) is 4.16. The summed E-state index contributed by atoms with van der Waals surface area (Å²) in [4.78, 5) is 56.2. The molecular weight excluding hydrogens is 432 g/mol. The molecule has 0 aromatic carbocycles. The van der Waals surface area contributed by atoms with E-state index in [1.165, 1.54) is 12.5 Å². The van der Waals surface area contributed by atoms with Gasteiger partial charge in [-0.1, -0.05) is 40.5 Å². The number of nitrogens with zero attached hydrogens (tertiary/aromatic N) is 1. The van der Waals surface area contributed by atoms with Gasteiger partial charge in [-0.05, 0) is 11.8 Å². The lowest BCUT2D eigenvalue weighted by Crippen LogP contribution is -2.60. The zero-order valence-corrected chi connectivity index (χ0v) is 19.5. The minimum Gasteiger partial charge on any atom is -0.480 e. The molecule has 0 saturated carbocycles. The number of nitrogens with two attached hydrogens (primary N) is 1. The number of nitrogens with one attached hydrogen (secondary N) is 4. The Labute approximate surface area is 193 Å². The summed E-state index contributed by atoms with van der Waals surface area (Å²) < 4.78 is 0. The van der Waals surface area contributed by atoms with Crippen molar-refractivity contribution in [1.29, 1.82) is 0 Å². The average molecular weight is 469 g/mol. The van der Waals surface area contributed by atoms with Crippen LogP contribution in [0.1, 0.15) is 46.2 Å². The number of hydrogen-bond acceptors (Lipinski definition) is 7. The van der Waals surface area contributed by atoms with Crippen molar-refractivity contribution in [2.45, 2.75) is 71.1 Å². The molecule has 186 valence electrons. The molecule has 1 heterocycles. The molecule has 6 unspecified atom stereocenters. The summed E-state index contributed by atoms with van der Waals surface area (Å²) in [5, 5.41) is 26.5. The van der Waals surface area contributed by atoms with E-state index >= 15 is 0 Å². The summed E-state index contributed by atoms with van der Waals surface area (Å²) in [5.41, 5.74) is 6.49. The van der Waals surface area contributed by atoms with Crippen LogP contribution in [0.25, 0.3) is 0 Å². The molecule has 3 amide bonds. The standard InChI is InChI=1S/C21H36N6O6/c1-5-11(3)16(20(31)27-17(21(32)33)12(4)6-2)26-19(30)15(9-28)25-18(29)14(22)7-13-8-23-10-24-13/h8,10-12,14-17,28H,5-7,9,22H2,1-4H3,(H,23,24)(H,25,29)(H,26,30)(H,27,31)(H,32,33). The third-order valence-corrected chi connectivity index (χ3v) is 5.72. The molecule has 0 saturated heterocycles. The molecule has 6 atom stereocenters. The fraction of sp³-hybridized carbons (Fsp3) is 0.667. The third kappa shape index (κ3) is 8.46. The van der Waals surface area contributed by atoms with Crippen LogP contribution in [0.3, 0.4) is 0 Å². The average Bonchev–Trinajstić information content (AvgIpc) is 3.30. The molecule has 0 bridgehead atoms. The molecule has 0 fully saturated rings. The number of hydrogen-bond donors (Lipinski definition) is 7. The molecule has 0 spiro atoms. The number of amides is 3. The highest BCUT2D eigenvalue weighted by molar-refractivity contribution is 5.94. The maximum Gasteiger partial charge on any atom is 0.326 e. The fourth-order valence-corrected chi connectivity index (χ4v) is 3.08. The summed E-state index contributed by atoms with van der Waals surface area (Å²) in [5.74, 6) is -3.91. The molecule has 0 radical (unpaired) electrons. The van der Waals surface area contributed by atoms with Crippen molar-refractivity contribution < 1.29 is 29.4 Å². The van der Waals surface area contributed by atoms with E-state index in [4.69, 9.17) is 5.73 Å². The van der Waals surface area contributed by atoms with E-state index in [1.54, 1.807) is 13.8 Å². The number of carbonyl (C=O) groups is 4. The van der Waals surface area contributed by atoms with Gasteiger partial charge in [0.05, 0.1) is 19.0 Å². The van der Waals surface area contributed by atoms with E-state index < -0.39 is 54.5 Å². The Morgan fingerprint density at radius 2 is 1.58 bits per heavy atom. The van der Waals surface area contributed by atoms with Crippen molar-refractivity contribution >= 4 is 23.7 Å². The molecule has 1 aromatic heterocycles. The number of carboxylic acid groups (broad SMARTS) is 1. The number of rotatable bonds is 14. The Kier molecular flexibility index (Phi) is 11.5.